The minimum atomic E-state index is -1.64. The van der Waals surface area contributed by atoms with Crippen molar-refractivity contribution in [3.05, 3.63) is 0 Å². The molecule has 15 heavy (non-hydrogen) atoms. The van der Waals surface area contributed by atoms with Crippen LogP contribution >= 0.6 is 0 Å². The second-order valence-electron chi connectivity index (χ2n) is 2.32. The first-order valence-corrected chi connectivity index (χ1v) is 3.70. The van der Waals surface area contributed by atoms with E-state index in [4.69, 9.17) is 30.3 Å². The van der Waals surface area contributed by atoms with Crippen LogP contribution in [0.3, 0.4) is 0 Å². The summed E-state index contributed by atoms with van der Waals surface area (Å²) in [4.78, 5) is 18.9. The zero-order chi connectivity index (χ0) is 12.4. The van der Waals surface area contributed by atoms with Crippen LogP contribution in [0.5, 0.6) is 0 Å². The van der Waals surface area contributed by atoms with Gasteiger partial charge in [0, 0.05) is 5.92 Å². The Bertz CT molecular complexity index is 232. The second kappa shape index (κ2) is 9.11. The highest BCUT2D eigenvalue weighted by Crippen LogP contribution is 1.96. The van der Waals surface area contributed by atoms with Gasteiger partial charge in [0.25, 0.3) is 0 Å². The third kappa shape index (κ3) is 8.86. The average molecular weight is 220 g/mol. The third-order valence-corrected chi connectivity index (χ3v) is 1.19. The molecule has 0 aromatic carbocycles. The van der Waals surface area contributed by atoms with Crippen molar-refractivity contribution in [2.24, 2.45) is 0 Å². The molecule has 7 nitrogen and oxygen atoms in total. The van der Waals surface area contributed by atoms with Gasteiger partial charge in [-0.05, 0) is 0 Å². The van der Waals surface area contributed by atoms with Gasteiger partial charge in [-0.3, -0.25) is 0 Å². The number of aliphatic hydroxyl groups is 4. The summed E-state index contributed by atoms with van der Waals surface area (Å²) in [5.74, 6) is 0.227. The van der Waals surface area contributed by atoms with Gasteiger partial charge in [-0.15, -0.1) is 6.42 Å². The van der Waals surface area contributed by atoms with Crippen LogP contribution < -0.4 is 0 Å². The summed E-state index contributed by atoms with van der Waals surface area (Å²) < 4.78 is 0. The maximum atomic E-state index is 9.76. The van der Waals surface area contributed by atoms with Gasteiger partial charge in [0.15, 0.2) is 6.29 Å². The molecule has 7 heteroatoms. The predicted octanol–water partition coefficient (Wildman–Crippen LogP) is -3.04. The fourth-order valence-corrected chi connectivity index (χ4v) is 0.416. The highest BCUT2D eigenvalue weighted by Gasteiger charge is 2.22. The Hall–Kier alpha value is -1.46. The van der Waals surface area contributed by atoms with E-state index in [9.17, 15) is 4.79 Å². The molecule has 0 aliphatic heterocycles. The molecule has 0 radical (unpaired) electrons. The van der Waals surface area contributed by atoms with E-state index < -0.39 is 30.9 Å². The Morgan fingerprint density at radius 3 is 2.00 bits per heavy atom. The zero-order valence-electron chi connectivity index (χ0n) is 7.65. The lowest BCUT2D eigenvalue weighted by Gasteiger charge is -2.16. The molecule has 0 bridgehead atoms. The summed E-state index contributed by atoms with van der Waals surface area (Å²) in [6, 6.07) is 0. The minimum absolute atomic E-state index is 0.0869. The highest BCUT2D eigenvalue weighted by molar-refractivity contribution is 5.85. The molecule has 5 N–H and O–H groups in total. The largest absolute Gasteiger partial charge is 0.472 e. The monoisotopic (exact) mass is 220 g/mol. The van der Waals surface area contributed by atoms with Gasteiger partial charge >= 0.3 is 5.97 Å². The molecule has 3 atom stereocenters. The number of aliphatic hydroxyl groups excluding tert-OH is 4. The molecule has 0 aromatic rings. The average Bonchev–Trinajstić information content (AvgIpc) is 2.26. The zero-order valence-corrected chi connectivity index (χ0v) is 7.65. The Morgan fingerprint density at radius 2 is 1.80 bits per heavy atom. The molecule has 0 heterocycles. The van der Waals surface area contributed by atoms with Gasteiger partial charge in [0.1, 0.15) is 18.3 Å². The molecule has 3 unspecified atom stereocenters. The summed E-state index contributed by atoms with van der Waals surface area (Å²) in [7, 11) is 0. The number of aldehydes is 1. The topological polar surface area (TPSA) is 135 Å². The Morgan fingerprint density at radius 1 is 1.40 bits per heavy atom. The molecule has 0 fully saturated rings. The van der Waals surface area contributed by atoms with E-state index in [1.807, 2.05) is 0 Å². The molecule has 0 amide bonds. The Balaban J connectivity index is 0. The SMILES string of the molecule is C#CC(=O)O.O=CC(O)C(O)C(O)CO. The van der Waals surface area contributed by atoms with Crippen molar-refractivity contribution in [1.82, 2.24) is 0 Å². The summed E-state index contributed by atoms with van der Waals surface area (Å²) in [5.41, 5.74) is 0. The second-order valence-corrected chi connectivity index (χ2v) is 2.32. The molecular formula is C8H12O7. The van der Waals surface area contributed by atoms with Crippen molar-refractivity contribution in [2.45, 2.75) is 18.3 Å². The van der Waals surface area contributed by atoms with Crippen molar-refractivity contribution in [1.29, 1.82) is 0 Å². The number of carbonyl (C=O) groups is 2. The fourth-order valence-electron chi connectivity index (χ4n) is 0.416. The number of hydrogen-bond acceptors (Lipinski definition) is 6. The molecule has 0 saturated heterocycles. The van der Waals surface area contributed by atoms with Crippen LogP contribution in [0.15, 0.2) is 0 Å². The van der Waals surface area contributed by atoms with Crippen LogP contribution in [0.2, 0.25) is 0 Å². The van der Waals surface area contributed by atoms with E-state index in [-0.39, 0.29) is 6.29 Å². The van der Waals surface area contributed by atoms with Gasteiger partial charge < -0.3 is 30.3 Å². The van der Waals surface area contributed by atoms with Crippen LogP contribution in [0.1, 0.15) is 0 Å². The number of terminal acetylenes is 1. The van der Waals surface area contributed by atoms with Crippen LogP contribution in [0.4, 0.5) is 0 Å². The molecule has 0 aromatic heterocycles. The predicted molar refractivity (Wildman–Crippen MR) is 47.6 cm³/mol. The van der Waals surface area contributed by atoms with Crippen molar-refractivity contribution in [3.8, 4) is 12.3 Å². The smallest absolute Gasteiger partial charge is 0.381 e. The van der Waals surface area contributed by atoms with Gasteiger partial charge in [-0.2, -0.15) is 0 Å². The van der Waals surface area contributed by atoms with Crippen LogP contribution in [0.25, 0.3) is 0 Å². The van der Waals surface area contributed by atoms with Gasteiger partial charge in [0.05, 0.1) is 6.61 Å². The standard InChI is InChI=1S/C5H10O5.C3H2O2/c6-1-3(8)5(10)4(9)2-7;1-2-3(4)5/h1,3-5,7-10H,2H2;1H,(H,4,5). The molecule has 0 spiro atoms. The van der Waals surface area contributed by atoms with Crippen LogP contribution in [0, 0.1) is 12.3 Å². The van der Waals surface area contributed by atoms with E-state index in [1.165, 1.54) is 5.92 Å². The molecule has 0 rings (SSSR count). The van der Waals surface area contributed by atoms with Crippen molar-refractivity contribution in [3.63, 3.8) is 0 Å². The number of carboxylic acid groups (broad SMARTS) is 1. The quantitative estimate of drug-likeness (QED) is 0.251. The maximum Gasteiger partial charge on any atom is 0.381 e. The summed E-state index contributed by atoms with van der Waals surface area (Å²) >= 11 is 0. The summed E-state index contributed by atoms with van der Waals surface area (Å²) in [6.07, 6.45) is -0.309. The number of carboxylic acids is 1. The number of rotatable bonds is 4. The highest BCUT2D eigenvalue weighted by atomic mass is 16.4. The first-order valence-electron chi connectivity index (χ1n) is 3.70. The summed E-state index contributed by atoms with van der Waals surface area (Å²) in [6.45, 7) is -0.688. The van der Waals surface area contributed by atoms with E-state index in [2.05, 4.69) is 6.42 Å². The van der Waals surface area contributed by atoms with E-state index in [0.29, 0.717) is 0 Å². The van der Waals surface area contributed by atoms with Crippen molar-refractivity contribution >= 4 is 12.3 Å². The molecule has 0 aliphatic rings. The van der Waals surface area contributed by atoms with E-state index in [1.54, 1.807) is 0 Å². The van der Waals surface area contributed by atoms with Gasteiger partial charge in [0.2, 0.25) is 0 Å². The van der Waals surface area contributed by atoms with Crippen LogP contribution in [-0.2, 0) is 9.59 Å². The molecule has 0 aliphatic carbocycles. The Labute approximate surface area is 85.6 Å². The number of aliphatic carboxylic acids is 1. The first kappa shape index (κ1) is 16.0. The number of hydrogen-bond donors (Lipinski definition) is 5. The first-order chi connectivity index (χ1) is 6.90. The van der Waals surface area contributed by atoms with Crippen LogP contribution in [-0.4, -0.2) is 62.7 Å². The molecular weight excluding hydrogens is 208 g/mol. The summed E-state index contributed by atoms with van der Waals surface area (Å²) in [5, 5.41) is 41.5. The molecule has 0 saturated carbocycles. The van der Waals surface area contributed by atoms with Gasteiger partial charge in [-0.25, -0.2) is 4.79 Å². The fraction of sp³-hybridized carbons (Fsp3) is 0.500. The Kier molecular flexibility index (Phi) is 9.71. The van der Waals surface area contributed by atoms with Crippen molar-refractivity contribution in [2.75, 3.05) is 6.61 Å². The maximum absolute atomic E-state index is 9.76. The normalized spacial score (nSPS) is 14.9. The third-order valence-electron chi connectivity index (χ3n) is 1.19. The van der Waals surface area contributed by atoms with Crippen molar-refractivity contribution < 1.29 is 35.1 Å². The lowest BCUT2D eigenvalue weighted by Crippen LogP contribution is -2.40. The lowest BCUT2D eigenvalue weighted by atomic mass is 10.1. The minimum Gasteiger partial charge on any atom is -0.472 e. The van der Waals surface area contributed by atoms with Gasteiger partial charge in [-0.1, -0.05) is 0 Å². The lowest BCUT2D eigenvalue weighted by molar-refractivity contribution is -0.130. The van der Waals surface area contributed by atoms with E-state index in [0.717, 1.165) is 0 Å². The van der Waals surface area contributed by atoms with E-state index >= 15 is 0 Å². The number of carbonyl (C=O) groups excluding carboxylic acids is 1. The molecule has 86 valence electrons.